The van der Waals surface area contributed by atoms with E-state index in [2.05, 4.69) is 9.84 Å². The maximum atomic E-state index is 10.0. The van der Waals surface area contributed by atoms with Crippen molar-refractivity contribution in [3.05, 3.63) is 0 Å². The highest BCUT2D eigenvalue weighted by atomic mass is 31.1. The van der Waals surface area contributed by atoms with Gasteiger partial charge in [0.25, 0.3) is 0 Å². The van der Waals surface area contributed by atoms with Crippen LogP contribution < -0.4 is 5.32 Å². The minimum Gasteiger partial charge on any atom is -0.288 e. The molecule has 0 spiro atoms. The second-order valence-electron chi connectivity index (χ2n) is 1.93. The van der Waals surface area contributed by atoms with Gasteiger partial charge in [-0.15, -0.1) is 9.42 Å². The van der Waals surface area contributed by atoms with E-state index < -0.39 is 8.25 Å². The van der Waals surface area contributed by atoms with E-state index >= 15 is 0 Å². The van der Waals surface area contributed by atoms with Crippen LogP contribution in [0, 0.1) is 0 Å². The Kier molecular flexibility index (Phi) is 2.54. The molecule has 5 heteroatoms. The second kappa shape index (κ2) is 3.22. The van der Waals surface area contributed by atoms with Gasteiger partial charge in [-0.05, 0) is 19.4 Å². The molecule has 1 rings (SSSR count). The largest absolute Gasteiger partial charge is 0.696 e. The first-order chi connectivity index (χ1) is 4.29. The maximum absolute atomic E-state index is 10.0. The van der Waals surface area contributed by atoms with Gasteiger partial charge >= 0.3 is 8.25 Å². The molecule has 52 valence electrons. The van der Waals surface area contributed by atoms with Crippen LogP contribution in [0.4, 0.5) is 0 Å². The van der Waals surface area contributed by atoms with E-state index in [-0.39, 0.29) is 6.23 Å². The highest BCUT2D eigenvalue weighted by molar-refractivity contribution is 7.32. The number of hydrogen-bond acceptors (Lipinski definition) is 3. The zero-order chi connectivity index (χ0) is 6.69. The minimum atomic E-state index is -2.42. The van der Waals surface area contributed by atoms with Crippen molar-refractivity contribution in [1.82, 2.24) is 5.32 Å². The second-order valence-corrected chi connectivity index (χ2v) is 2.61. The van der Waals surface area contributed by atoms with Gasteiger partial charge in [0.2, 0.25) is 0 Å². The van der Waals surface area contributed by atoms with Gasteiger partial charge in [-0.2, -0.15) is 0 Å². The van der Waals surface area contributed by atoms with Gasteiger partial charge in [0.1, 0.15) is 0 Å². The van der Waals surface area contributed by atoms with E-state index in [0.29, 0.717) is 0 Å². The molecule has 0 aromatic rings. The molecule has 1 saturated heterocycles. The molecule has 1 heterocycles. The van der Waals surface area contributed by atoms with Crippen LogP contribution in [-0.4, -0.2) is 17.7 Å². The summed E-state index contributed by atoms with van der Waals surface area (Å²) >= 11 is 0. The van der Waals surface area contributed by atoms with Crippen LogP contribution in [0.3, 0.4) is 0 Å². The van der Waals surface area contributed by atoms with Crippen molar-refractivity contribution in [2.75, 3.05) is 6.54 Å². The molecule has 1 unspecified atom stereocenters. The molecule has 0 aliphatic carbocycles. The zero-order valence-electron chi connectivity index (χ0n) is 4.91. The molecule has 1 aliphatic rings. The lowest BCUT2D eigenvalue weighted by Crippen LogP contribution is -2.21. The summed E-state index contributed by atoms with van der Waals surface area (Å²) < 4.78 is 14.6. The van der Waals surface area contributed by atoms with Gasteiger partial charge in [0.05, 0.1) is 0 Å². The van der Waals surface area contributed by atoms with Crippen molar-refractivity contribution in [1.29, 1.82) is 0 Å². The van der Waals surface area contributed by atoms with Crippen molar-refractivity contribution in [2.45, 2.75) is 19.1 Å². The average Bonchev–Trinajstić information content (AvgIpc) is 2.15. The van der Waals surface area contributed by atoms with Gasteiger partial charge in [-0.25, -0.2) is 0 Å². The van der Waals surface area contributed by atoms with Gasteiger partial charge in [-0.3, -0.25) is 5.32 Å². The fourth-order valence-corrected chi connectivity index (χ4v) is 1.25. The lowest BCUT2D eigenvalue weighted by molar-refractivity contribution is 0.175. The van der Waals surface area contributed by atoms with E-state index in [1.165, 1.54) is 0 Å². The molecule has 0 bridgehead atoms. The maximum Gasteiger partial charge on any atom is 0.696 e. The molecular formula is C4H9NO3P+. The fourth-order valence-electron chi connectivity index (χ4n) is 0.851. The molecule has 0 radical (unpaired) electrons. The Labute approximate surface area is 54.2 Å². The third-order valence-corrected chi connectivity index (χ3v) is 1.67. The van der Waals surface area contributed by atoms with E-state index in [1.54, 1.807) is 0 Å². The summed E-state index contributed by atoms with van der Waals surface area (Å²) in [4.78, 5) is 8.26. The predicted molar refractivity (Wildman–Crippen MR) is 31.9 cm³/mol. The van der Waals surface area contributed by atoms with Crippen LogP contribution in [0.5, 0.6) is 0 Å². The summed E-state index contributed by atoms with van der Waals surface area (Å²) in [5.41, 5.74) is 0. The number of nitrogens with one attached hydrogen (secondary N) is 1. The first-order valence-corrected chi connectivity index (χ1v) is 3.98. The lowest BCUT2D eigenvalue weighted by Gasteiger charge is -1.96. The van der Waals surface area contributed by atoms with Crippen LogP contribution in [0.1, 0.15) is 12.8 Å². The molecule has 1 aliphatic heterocycles. The summed E-state index contributed by atoms with van der Waals surface area (Å²) in [5.74, 6) is 0. The Hall–Kier alpha value is -0.0200. The van der Waals surface area contributed by atoms with Crippen LogP contribution in [0.2, 0.25) is 0 Å². The third-order valence-electron chi connectivity index (χ3n) is 1.23. The molecule has 0 amide bonds. The molecule has 0 aromatic carbocycles. The first kappa shape index (κ1) is 7.09. The van der Waals surface area contributed by atoms with Crippen molar-refractivity contribution in [3.8, 4) is 0 Å². The van der Waals surface area contributed by atoms with E-state index in [4.69, 9.17) is 4.89 Å². The van der Waals surface area contributed by atoms with Crippen molar-refractivity contribution in [3.63, 3.8) is 0 Å². The predicted octanol–water partition coefficient (Wildman–Crippen LogP) is 0.362. The molecule has 2 atom stereocenters. The zero-order valence-corrected chi connectivity index (χ0v) is 5.80. The Morgan fingerprint density at radius 1 is 1.78 bits per heavy atom. The molecule has 0 aromatic heterocycles. The van der Waals surface area contributed by atoms with E-state index in [9.17, 15) is 4.57 Å². The average molecular weight is 150 g/mol. The SMILES string of the molecule is O=[P+](O)O[C@@H]1CCCN1. The quantitative estimate of drug-likeness (QED) is 0.558. The summed E-state index contributed by atoms with van der Waals surface area (Å²) in [5, 5.41) is 2.92. The van der Waals surface area contributed by atoms with Gasteiger partial charge in [0, 0.05) is 4.57 Å². The molecule has 0 saturated carbocycles. The Balaban J connectivity index is 2.19. The molecule has 2 N–H and O–H groups in total. The smallest absolute Gasteiger partial charge is 0.288 e. The standard InChI is InChI=1S/C4H8NO3P/c6-9(7)8-4-2-1-3-5-4/h4-5H,1-3H2/p+1/t4-/m1/s1. The Morgan fingerprint density at radius 3 is 3.00 bits per heavy atom. The normalized spacial score (nSPS) is 28.6. The van der Waals surface area contributed by atoms with Gasteiger partial charge < -0.3 is 0 Å². The highest BCUT2D eigenvalue weighted by Gasteiger charge is 2.25. The minimum absolute atomic E-state index is 0.196. The van der Waals surface area contributed by atoms with E-state index in [1.807, 2.05) is 0 Å². The molecule has 4 nitrogen and oxygen atoms in total. The van der Waals surface area contributed by atoms with Gasteiger partial charge in [-0.1, -0.05) is 0 Å². The van der Waals surface area contributed by atoms with Gasteiger partial charge in [0.15, 0.2) is 6.23 Å². The van der Waals surface area contributed by atoms with Crippen molar-refractivity contribution >= 4 is 8.25 Å². The third kappa shape index (κ3) is 2.37. The summed E-state index contributed by atoms with van der Waals surface area (Å²) in [6, 6.07) is 0. The van der Waals surface area contributed by atoms with Crippen LogP contribution in [-0.2, 0) is 9.09 Å². The highest BCUT2D eigenvalue weighted by Crippen LogP contribution is 2.21. The first-order valence-electron chi connectivity index (χ1n) is 2.85. The Morgan fingerprint density at radius 2 is 2.56 bits per heavy atom. The molecule has 1 fully saturated rings. The van der Waals surface area contributed by atoms with E-state index in [0.717, 1.165) is 19.4 Å². The topological polar surface area (TPSA) is 58.6 Å². The summed E-state index contributed by atoms with van der Waals surface area (Å²) in [7, 11) is -2.42. The van der Waals surface area contributed by atoms with Crippen molar-refractivity contribution < 1.29 is 14.0 Å². The van der Waals surface area contributed by atoms with Crippen molar-refractivity contribution in [2.24, 2.45) is 0 Å². The van der Waals surface area contributed by atoms with Crippen LogP contribution >= 0.6 is 8.25 Å². The van der Waals surface area contributed by atoms with Crippen LogP contribution in [0.15, 0.2) is 0 Å². The fraction of sp³-hybridized carbons (Fsp3) is 1.00. The summed E-state index contributed by atoms with van der Waals surface area (Å²) in [6.45, 7) is 0.883. The number of hydrogen-bond donors (Lipinski definition) is 2. The van der Waals surface area contributed by atoms with Crippen LogP contribution in [0.25, 0.3) is 0 Å². The Bertz CT molecular complexity index is 112. The molecule has 9 heavy (non-hydrogen) atoms. The monoisotopic (exact) mass is 150 g/mol. The summed E-state index contributed by atoms with van der Waals surface area (Å²) in [6.07, 6.45) is 1.66. The number of rotatable bonds is 2. The lowest BCUT2D eigenvalue weighted by atomic mass is 10.4. The molecular weight excluding hydrogens is 141 g/mol.